The van der Waals surface area contributed by atoms with Gasteiger partial charge in [-0.05, 0) is 56.9 Å². The number of aromatic nitrogens is 3. The van der Waals surface area contributed by atoms with E-state index in [1.54, 1.807) is 24.3 Å². The Kier molecular flexibility index (Phi) is 5.27. The number of amides is 1. The summed E-state index contributed by atoms with van der Waals surface area (Å²) in [6, 6.07) is 7.62. The predicted molar refractivity (Wildman–Crippen MR) is 110 cm³/mol. The minimum atomic E-state index is -0.246. The molecule has 2 aliphatic carbocycles. The van der Waals surface area contributed by atoms with E-state index < -0.39 is 0 Å². The summed E-state index contributed by atoms with van der Waals surface area (Å²) in [6.45, 7) is 5.62. The van der Waals surface area contributed by atoms with Gasteiger partial charge < -0.3 is 9.88 Å². The van der Waals surface area contributed by atoms with Gasteiger partial charge in [0.1, 0.15) is 5.82 Å². The summed E-state index contributed by atoms with van der Waals surface area (Å²) >= 11 is 1.50. The highest BCUT2D eigenvalue weighted by molar-refractivity contribution is 8.00. The average molecular weight is 399 g/mol. The van der Waals surface area contributed by atoms with Gasteiger partial charge in [0.05, 0.1) is 5.25 Å². The number of thioether (sulfide) groups is 1. The van der Waals surface area contributed by atoms with E-state index in [2.05, 4.69) is 20.1 Å². The molecule has 2 aromatic rings. The van der Waals surface area contributed by atoms with E-state index in [0.29, 0.717) is 23.2 Å². The van der Waals surface area contributed by atoms with Crippen LogP contribution in [0.15, 0.2) is 29.4 Å². The first-order valence-electron chi connectivity index (χ1n) is 10.0. The zero-order chi connectivity index (χ0) is 19.8. The first-order valence-corrected chi connectivity index (χ1v) is 10.9. The number of hydrogen-bond acceptors (Lipinski definition) is 5. The molecule has 2 saturated carbocycles. The molecule has 1 aromatic heterocycles. The van der Waals surface area contributed by atoms with Crippen molar-refractivity contribution in [1.82, 2.24) is 14.8 Å². The van der Waals surface area contributed by atoms with Crippen LogP contribution in [0, 0.1) is 5.92 Å². The second kappa shape index (κ2) is 7.70. The van der Waals surface area contributed by atoms with Gasteiger partial charge in [-0.2, -0.15) is 0 Å². The Labute approximate surface area is 169 Å². The van der Waals surface area contributed by atoms with E-state index in [9.17, 15) is 9.59 Å². The summed E-state index contributed by atoms with van der Waals surface area (Å²) in [7, 11) is 0. The molecule has 0 saturated heterocycles. The first-order chi connectivity index (χ1) is 13.4. The van der Waals surface area contributed by atoms with E-state index in [4.69, 9.17) is 0 Å². The number of nitrogens with one attached hydrogen (secondary N) is 1. The summed E-state index contributed by atoms with van der Waals surface area (Å²) in [5, 5.41) is 12.3. The molecule has 6 nitrogen and oxygen atoms in total. The zero-order valence-corrected chi connectivity index (χ0v) is 17.3. The average Bonchev–Trinajstić information content (AvgIpc) is 3.60. The van der Waals surface area contributed by atoms with Gasteiger partial charge in [-0.3, -0.25) is 9.59 Å². The molecule has 148 valence electrons. The number of rotatable bonds is 8. The molecule has 0 bridgehead atoms. The van der Waals surface area contributed by atoms with E-state index in [0.717, 1.165) is 11.0 Å². The molecule has 7 heteroatoms. The van der Waals surface area contributed by atoms with Crippen LogP contribution in [0.25, 0.3) is 0 Å². The molecule has 0 aliphatic heterocycles. The molecular weight excluding hydrogens is 372 g/mol. The third kappa shape index (κ3) is 4.14. The number of ketones is 1. The highest BCUT2D eigenvalue weighted by Gasteiger charge is 2.37. The lowest BCUT2D eigenvalue weighted by Crippen LogP contribution is -2.18. The number of benzene rings is 1. The van der Waals surface area contributed by atoms with E-state index in [-0.39, 0.29) is 22.9 Å². The molecule has 1 heterocycles. The molecule has 2 aliphatic rings. The monoisotopic (exact) mass is 398 g/mol. The molecule has 1 aromatic carbocycles. The highest BCUT2D eigenvalue weighted by Crippen LogP contribution is 2.46. The Morgan fingerprint density at radius 3 is 2.32 bits per heavy atom. The first kappa shape index (κ1) is 19.2. The topological polar surface area (TPSA) is 76.9 Å². The van der Waals surface area contributed by atoms with Crippen molar-refractivity contribution in [3.63, 3.8) is 0 Å². The molecule has 28 heavy (non-hydrogen) atoms. The summed E-state index contributed by atoms with van der Waals surface area (Å²) < 4.78 is 2.27. The van der Waals surface area contributed by atoms with Gasteiger partial charge in [0.15, 0.2) is 10.9 Å². The van der Waals surface area contributed by atoms with Crippen molar-refractivity contribution >= 4 is 29.1 Å². The van der Waals surface area contributed by atoms with Crippen molar-refractivity contribution in [2.75, 3.05) is 5.32 Å². The van der Waals surface area contributed by atoms with Crippen molar-refractivity contribution in [2.24, 2.45) is 5.92 Å². The minimum Gasteiger partial charge on any atom is -0.326 e. The third-order valence-corrected chi connectivity index (χ3v) is 6.21. The summed E-state index contributed by atoms with van der Waals surface area (Å²) in [5.41, 5.74) is 1.35. The largest absolute Gasteiger partial charge is 0.326 e. The lowest BCUT2D eigenvalue weighted by atomic mass is 10.1. The van der Waals surface area contributed by atoms with Crippen LogP contribution >= 0.6 is 11.8 Å². The van der Waals surface area contributed by atoms with Gasteiger partial charge in [0, 0.05) is 29.1 Å². The van der Waals surface area contributed by atoms with E-state index in [1.807, 2.05) is 20.8 Å². The Hall–Kier alpha value is -2.15. The number of Topliss-reactive ketones (excluding diaryl/α,β-unsaturated/α-hetero) is 1. The van der Waals surface area contributed by atoms with Crippen molar-refractivity contribution in [3.05, 3.63) is 35.7 Å². The Morgan fingerprint density at radius 2 is 1.75 bits per heavy atom. The molecule has 1 amide bonds. The summed E-state index contributed by atoms with van der Waals surface area (Å²) in [6.07, 6.45) is 4.75. The lowest BCUT2D eigenvalue weighted by Gasteiger charge is -2.13. The van der Waals surface area contributed by atoms with Crippen LogP contribution < -0.4 is 5.32 Å². The maximum absolute atomic E-state index is 12.9. The van der Waals surface area contributed by atoms with Gasteiger partial charge >= 0.3 is 0 Å². The highest BCUT2D eigenvalue weighted by atomic mass is 32.2. The van der Waals surface area contributed by atoms with Crippen molar-refractivity contribution < 1.29 is 9.59 Å². The van der Waals surface area contributed by atoms with Gasteiger partial charge in [0.2, 0.25) is 5.91 Å². The normalized spacial score (nSPS) is 17.6. The lowest BCUT2D eigenvalue weighted by molar-refractivity contribution is -0.118. The van der Waals surface area contributed by atoms with E-state index >= 15 is 0 Å². The summed E-state index contributed by atoms with van der Waals surface area (Å²) in [4.78, 5) is 24.7. The van der Waals surface area contributed by atoms with Crippen molar-refractivity contribution in [3.8, 4) is 0 Å². The smallest absolute Gasteiger partial charge is 0.226 e. The van der Waals surface area contributed by atoms with Gasteiger partial charge in [-0.15, -0.1) is 10.2 Å². The molecular formula is C21H26N4O2S. The van der Waals surface area contributed by atoms with Crippen LogP contribution in [0.5, 0.6) is 0 Å². The molecule has 0 unspecified atom stereocenters. The second-order valence-corrected chi connectivity index (χ2v) is 9.37. The predicted octanol–water partition coefficient (Wildman–Crippen LogP) is 4.45. The van der Waals surface area contributed by atoms with Gasteiger partial charge in [0.25, 0.3) is 0 Å². The fourth-order valence-electron chi connectivity index (χ4n) is 3.12. The quantitative estimate of drug-likeness (QED) is 0.525. The number of anilines is 1. The minimum absolute atomic E-state index is 0.0334. The van der Waals surface area contributed by atoms with Crippen LogP contribution in [-0.4, -0.2) is 31.7 Å². The fraction of sp³-hybridized carbons (Fsp3) is 0.524. The van der Waals surface area contributed by atoms with Crippen LogP contribution in [0.3, 0.4) is 0 Å². The summed E-state index contributed by atoms with van der Waals surface area (Å²) in [5.74, 6) is 1.61. The Morgan fingerprint density at radius 1 is 1.07 bits per heavy atom. The standard InChI is InChI=1S/C21H26N4O2S/c1-12(2)20(27)22-16-8-6-14(7-9-16)18(26)13(3)28-21-24-23-19(15-4-5-15)25(21)17-10-11-17/h6-9,12-13,15,17H,4-5,10-11H2,1-3H3,(H,22,27)/t13-/m1/s1. The SMILES string of the molecule is CC(C)C(=O)Nc1ccc(C(=O)[C@@H](C)Sc2nnc(C3CC3)n2C2CC2)cc1. The molecule has 2 fully saturated rings. The second-order valence-electron chi connectivity index (χ2n) is 8.06. The number of carbonyl (C=O) groups excluding carboxylic acids is 2. The molecule has 0 spiro atoms. The van der Waals surface area contributed by atoms with Crippen LogP contribution in [0.2, 0.25) is 0 Å². The molecule has 4 rings (SSSR count). The Bertz CT molecular complexity index is 882. The third-order valence-electron chi connectivity index (χ3n) is 5.16. The maximum atomic E-state index is 12.9. The van der Waals surface area contributed by atoms with Crippen LogP contribution in [0.1, 0.15) is 74.6 Å². The van der Waals surface area contributed by atoms with Crippen molar-refractivity contribution in [1.29, 1.82) is 0 Å². The van der Waals surface area contributed by atoms with Gasteiger partial charge in [-0.25, -0.2) is 0 Å². The number of nitrogens with zero attached hydrogens (tertiary/aromatic N) is 3. The van der Waals surface area contributed by atoms with Crippen molar-refractivity contribution in [2.45, 2.75) is 68.8 Å². The molecule has 1 atom stereocenters. The fourth-order valence-corrected chi connectivity index (χ4v) is 4.12. The Balaban J connectivity index is 1.43. The molecule has 0 radical (unpaired) electrons. The van der Waals surface area contributed by atoms with Crippen LogP contribution in [-0.2, 0) is 4.79 Å². The van der Waals surface area contributed by atoms with Gasteiger partial charge in [-0.1, -0.05) is 25.6 Å². The van der Waals surface area contributed by atoms with E-state index in [1.165, 1.54) is 37.4 Å². The maximum Gasteiger partial charge on any atom is 0.226 e. The number of carbonyl (C=O) groups is 2. The number of hydrogen-bond donors (Lipinski definition) is 1. The zero-order valence-electron chi connectivity index (χ0n) is 16.5. The van der Waals surface area contributed by atoms with Crippen LogP contribution in [0.4, 0.5) is 5.69 Å². The molecule has 1 N–H and O–H groups in total.